The standard InChI is InChI=1S/C17H16N2O2/c1-21-17(20)13-8-9-19(11-13)16-7-6-12(10-18)14-4-2-3-5-15(14)16/h2-7,13H,8-9,11H2,1H3. The summed E-state index contributed by atoms with van der Waals surface area (Å²) in [6.07, 6.45) is 0.807. The topological polar surface area (TPSA) is 53.3 Å². The molecule has 0 saturated carbocycles. The second-order valence-corrected chi connectivity index (χ2v) is 5.24. The van der Waals surface area contributed by atoms with Crippen LogP contribution in [-0.2, 0) is 9.53 Å². The van der Waals surface area contributed by atoms with Crippen LogP contribution in [-0.4, -0.2) is 26.2 Å². The van der Waals surface area contributed by atoms with Crippen molar-refractivity contribution in [3.8, 4) is 6.07 Å². The first kappa shape index (κ1) is 13.4. The van der Waals surface area contributed by atoms with E-state index in [1.807, 2.05) is 36.4 Å². The molecule has 0 radical (unpaired) electrons. The molecule has 0 amide bonds. The van der Waals surface area contributed by atoms with Crippen molar-refractivity contribution < 1.29 is 9.53 Å². The number of esters is 1. The van der Waals surface area contributed by atoms with Gasteiger partial charge < -0.3 is 9.64 Å². The quantitative estimate of drug-likeness (QED) is 0.794. The predicted octanol–water partition coefficient (Wildman–Crippen LogP) is 2.71. The summed E-state index contributed by atoms with van der Waals surface area (Å²) in [5.74, 6) is -0.208. The summed E-state index contributed by atoms with van der Waals surface area (Å²) < 4.78 is 4.83. The zero-order valence-electron chi connectivity index (χ0n) is 11.9. The lowest BCUT2D eigenvalue weighted by molar-refractivity contribution is -0.144. The average molecular weight is 280 g/mol. The number of benzene rings is 2. The number of ether oxygens (including phenoxy) is 1. The first-order valence-electron chi connectivity index (χ1n) is 6.99. The van der Waals surface area contributed by atoms with Gasteiger partial charge in [-0.05, 0) is 18.6 Å². The molecule has 1 fully saturated rings. The van der Waals surface area contributed by atoms with Crippen molar-refractivity contribution in [1.82, 2.24) is 0 Å². The summed E-state index contributed by atoms with van der Waals surface area (Å²) in [5, 5.41) is 11.2. The van der Waals surface area contributed by atoms with Crippen molar-refractivity contribution in [2.24, 2.45) is 5.92 Å². The summed E-state index contributed by atoms with van der Waals surface area (Å²) in [6.45, 7) is 1.50. The van der Waals surface area contributed by atoms with Gasteiger partial charge in [-0.2, -0.15) is 5.26 Å². The minimum Gasteiger partial charge on any atom is -0.469 e. The molecule has 3 rings (SSSR count). The minimum absolute atomic E-state index is 0.0654. The van der Waals surface area contributed by atoms with E-state index < -0.39 is 0 Å². The van der Waals surface area contributed by atoms with Crippen molar-refractivity contribution in [2.45, 2.75) is 6.42 Å². The molecule has 106 valence electrons. The Morgan fingerprint density at radius 3 is 2.76 bits per heavy atom. The molecule has 0 aliphatic carbocycles. The van der Waals surface area contributed by atoms with E-state index in [1.165, 1.54) is 7.11 Å². The van der Waals surface area contributed by atoms with Gasteiger partial charge in [-0.25, -0.2) is 0 Å². The van der Waals surface area contributed by atoms with Gasteiger partial charge in [0.25, 0.3) is 0 Å². The summed E-state index contributed by atoms with van der Waals surface area (Å²) in [4.78, 5) is 13.9. The van der Waals surface area contributed by atoms with Crippen molar-refractivity contribution in [2.75, 3.05) is 25.1 Å². The van der Waals surface area contributed by atoms with E-state index >= 15 is 0 Å². The van der Waals surface area contributed by atoms with Crippen molar-refractivity contribution in [3.63, 3.8) is 0 Å². The molecular formula is C17H16N2O2. The van der Waals surface area contributed by atoms with Gasteiger partial charge in [-0.3, -0.25) is 4.79 Å². The molecule has 1 heterocycles. The molecule has 2 aromatic rings. The number of anilines is 1. The van der Waals surface area contributed by atoms with Gasteiger partial charge in [-0.15, -0.1) is 0 Å². The van der Waals surface area contributed by atoms with Crippen LogP contribution in [0.3, 0.4) is 0 Å². The highest BCUT2D eigenvalue weighted by Crippen LogP contribution is 2.32. The maximum atomic E-state index is 11.7. The molecule has 1 aliphatic rings. The number of nitriles is 1. The fraction of sp³-hybridized carbons (Fsp3) is 0.294. The average Bonchev–Trinajstić information content (AvgIpc) is 3.02. The normalized spacial score (nSPS) is 17.7. The number of carbonyl (C=O) groups excluding carboxylic acids is 1. The summed E-state index contributed by atoms with van der Waals surface area (Å²) in [7, 11) is 1.43. The Kier molecular flexibility index (Phi) is 3.49. The highest BCUT2D eigenvalue weighted by atomic mass is 16.5. The third-order valence-electron chi connectivity index (χ3n) is 4.08. The van der Waals surface area contributed by atoms with Gasteiger partial charge in [-0.1, -0.05) is 24.3 Å². The highest BCUT2D eigenvalue weighted by Gasteiger charge is 2.29. The highest BCUT2D eigenvalue weighted by molar-refractivity contribution is 5.98. The molecule has 0 spiro atoms. The molecule has 1 aliphatic heterocycles. The van der Waals surface area contributed by atoms with Crippen molar-refractivity contribution >= 4 is 22.4 Å². The van der Waals surface area contributed by atoms with E-state index in [0.717, 1.165) is 29.4 Å². The molecular weight excluding hydrogens is 264 g/mol. The molecule has 0 N–H and O–H groups in total. The summed E-state index contributed by atoms with van der Waals surface area (Å²) in [5.41, 5.74) is 1.76. The number of rotatable bonds is 2. The van der Waals surface area contributed by atoms with Gasteiger partial charge in [0.15, 0.2) is 0 Å². The van der Waals surface area contributed by atoms with Crippen molar-refractivity contribution in [3.05, 3.63) is 42.0 Å². The largest absolute Gasteiger partial charge is 0.469 e. The van der Waals surface area contributed by atoms with Gasteiger partial charge in [0.1, 0.15) is 0 Å². The fourth-order valence-corrected chi connectivity index (χ4v) is 2.99. The zero-order chi connectivity index (χ0) is 14.8. The Morgan fingerprint density at radius 1 is 1.29 bits per heavy atom. The Labute approximate surface area is 123 Å². The maximum absolute atomic E-state index is 11.7. The first-order chi connectivity index (χ1) is 10.2. The van der Waals surface area contributed by atoms with E-state index in [1.54, 1.807) is 0 Å². The third-order valence-corrected chi connectivity index (χ3v) is 4.08. The molecule has 4 nitrogen and oxygen atoms in total. The van der Waals surface area contributed by atoms with Gasteiger partial charge >= 0.3 is 5.97 Å². The Hall–Kier alpha value is -2.54. The van der Waals surface area contributed by atoms with Crippen LogP contribution in [0.5, 0.6) is 0 Å². The predicted molar refractivity (Wildman–Crippen MR) is 81.0 cm³/mol. The molecule has 1 saturated heterocycles. The van der Waals surface area contributed by atoms with Gasteiger partial charge in [0.05, 0.1) is 24.7 Å². The van der Waals surface area contributed by atoms with Crippen LogP contribution in [0, 0.1) is 17.2 Å². The van der Waals surface area contributed by atoms with Gasteiger partial charge in [0, 0.05) is 29.5 Å². The second kappa shape index (κ2) is 5.45. The number of nitrogens with zero attached hydrogens (tertiary/aromatic N) is 2. The van der Waals surface area contributed by atoms with Crippen LogP contribution >= 0.6 is 0 Å². The lowest BCUT2D eigenvalue weighted by Gasteiger charge is -2.21. The van der Waals surface area contributed by atoms with Crippen molar-refractivity contribution in [1.29, 1.82) is 5.26 Å². The molecule has 2 aromatic carbocycles. The molecule has 1 atom stereocenters. The molecule has 1 unspecified atom stereocenters. The molecule has 21 heavy (non-hydrogen) atoms. The number of carbonyl (C=O) groups is 1. The van der Waals surface area contributed by atoms with Crippen LogP contribution < -0.4 is 4.90 Å². The van der Waals surface area contributed by atoms with Crippen LogP contribution in [0.15, 0.2) is 36.4 Å². The summed E-state index contributed by atoms with van der Waals surface area (Å²) >= 11 is 0. The van der Waals surface area contributed by atoms with E-state index in [9.17, 15) is 10.1 Å². The number of hydrogen-bond acceptors (Lipinski definition) is 4. The monoisotopic (exact) mass is 280 g/mol. The van der Waals surface area contributed by atoms with E-state index in [2.05, 4.69) is 11.0 Å². The van der Waals surface area contributed by atoms with Crippen LogP contribution in [0.1, 0.15) is 12.0 Å². The lowest BCUT2D eigenvalue weighted by Crippen LogP contribution is -2.23. The molecule has 0 aromatic heterocycles. The van der Waals surface area contributed by atoms with Crippen LogP contribution in [0.2, 0.25) is 0 Å². The Morgan fingerprint density at radius 2 is 2.05 bits per heavy atom. The third kappa shape index (κ3) is 2.31. The van der Waals surface area contributed by atoms with Crippen LogP contribution in [0.4, 0.5) is 5.69 Å². The van der Waals surface area contributed by atoms with Crippen LogP contribution in [0.25, 0.3) is 10.8 Å². The Bertz CT molecular complexity index is 733. The SMILES string of the molecule is COC(=O)C1CCN(c2ccc(C#N)c3ccccc23)C1. The van der Waals surface area contributed by atoms with E-state index in [4.69, 9.17) is 4.74 Å². The summed E-state index contributed by atoms with van der Waals surface area (Å²) in [6, 6.07) is 14.0. The Balaban J connectivity index is 1.99. The maximum Gasteiger partial charge on any atom is 0.310 e. The number of hydrogen-bond donors (Lipinski definition) is 0. The van der Waals surface area contributed by atoms with Gasteiger partial charge in [0.2, 0.25) is 0 Å². The minimum atomic E-state index is -0.143. The number of methoxy groups -OCH3 is 1. The first-order valence-corrected chi connectivity index (χ1v) is 6.99. The fourth-order valence-electron chi connectivity index (χ4n) is 2.99. The number of fused-ring (bicyclic) bond motifs is 1. The van der Waals surface area contributed by atoms with E-state index in [-0.39, 0.29) is 11.9 Å². The zero-order valence-corrected chi connectivity index (χ0v) is 11.9. The molecule has 0 bridgehead atoms. The second-order valence-electron chi connectivity index (χ2n) is 5.24. The molecule has 4 heteroatoms. The smallest absolute Gasteiger partial charge is 0.310 e. The lowest BCUT2D eigenvalue weighted by atomic mass is 10.0. The van der Waals surface area contributed by atoms with E-state index in [0.29, 0.717) is 12.1 Å².